The predicted octanol–water partition coefficient (Wildman–Crippen LogP) is 2.24. The van der Waals surface area contributed by atoms with Crippen LogP contribution in [-0.4, -0.2) is 39.6 Å². The fourth-order valence-corrected chi connectivity index (χ4v) is 3.37. The van der Waals surface area contributed by atoms with Gasteiger partial charge >= 0.3 is 12.0 Å². The summed E-state index contributed by atoms with van der Waals surface area (Å²) in [6.07, 6.45) is 4.10. The number of rotatable bonds is 4. The molecule has 21 heavy (non-hydrogen) atoms. The third-order valence-electron chi connectivity index (χ3n) is 3.92. The van der Waals surface area contributed by atoms with Crippen molar-refractivity contribution in [3.8, 4) is 0 Å². The van der Waals surface area contributed by atoms with E-state index >= 15 is 0 Å². The van der Waals surface area contributed by atoms with Crippen molar-refractivity contribution in [2.75, 3.05) is 6.54 Å². The van der Waals surface area contributed by atoms with Crippen molar-refractivity contribution in [2.24, 2.45) is 5.92 Å². The van der Waals surface area contributed by atoms with Crippen LogP contribution in [0.15, 0.2) is 6.20 Å². The van der Waals surface area contributed by atoms with Crippen molar-refractivity contribution in [3.63, 3.8) is 0 Å². The average Bonchev–Trinajstić information content (AvgIpc) is 2.89. The van der Waals surface area contributed by atoms with Crippen LogP contribution in [0.1, 0.15) is 36.1 Å². The molecule has 0 bridgehead atoms. The summed E-state index contributed by atoms with van der Waals surface area (Å²) in [7, 11) is 0. The molecule has 1 aromatic heterocycles. The van der Waals surface area contributed by atoms with E-state index in [4.69, 9.17) is 0 Å². The molecule has 2 atom stereocenters. The molecule has 0 saturated carbocycles. The van der Waals surface area contributed by atoms with E-state index in [2.05, 4.69) is 17.2 Å². The van der Waals surface area contributed by atoms with Gasteiger partial charge in [-0.2, -0.15) is 0 Å². The quantitative estimate of drug-likeness (QED) is 0.893. The molecule has 1 fully saturated rings. The molecule has 6 nitrogen and oxygen atoms in total. The smallest absolute Gasteiger partial charge is 0.326 e. The Bertz CT molecular complexity index is 517. The number of aromatic nitrogens is 1. The predicted molar refractivity (Wildman–Crippen MR) is 80.2 cm³/mol. The lowest BCUT2D eigenvalue weighted by atomic mass is 9.89. The van der Waals surface area contributed by atoms with E-state index in [1.165, 1.54) is 16.2 Å². The van der Waals surface area contributed by atoms with Crippen LogP contribution < -0.4 is 5.32 Å². The Morgan fingerprint density at radius 2 is 2.33 bits per heavy atom. The summed E-state index contributed by atoms with van der Waals surface area (Å²) in [5.41, 5.74) is 0. The number of aryl methyl sites for hydroxylation is 1. The maximum absolute atomic E-state index is 12.2. The van der Waals surface area contributed by atoms with Gasteiger partial charge in [-0.3, -0.25) is 0 Å². The van der Waals surface area contributed by atoms with Gasteiger partial charge in [0.2, 0.25) is 0 Å². The first-order valence-electron chi connectivity index (χ1n) is 7.19. The Morgan fingerprint density at radius 1 is 1.57 bits per heavy atom. The number of nitrogens with zero attached hydrogens (tertiary/aromatic N) is 2. The highest BCUT2D eigenvalue weighted by molar-refractivity contribution is 7.11. The van der Waals surface area contributed by atoms with Crippen molar-refractivity contribution in [1.29, 1.82) is 0 Å². The van der Waals surface area contributed by atoms with Crippen LogP contribution in [0, 0.1) is 12.8 Å². The average molecular weight is 311 g/mol. The van der Waals surface area contributed by atoms with Gasteiger partial charge in [0.15, 0.2) is 0 Å². The summed E-state index contributed by atoms with van der Waals surface area (Å²) in [4.78, 5) is 30.1. The van der Waals surface area contributed by atoms with Gasteiger partial charge in [-0.05, 0) is 25.7 Å². The van der Waals surface area contributed by atoms with Crippen LogP contribution in [0.2, 0.25) is 0 Å². The van der Waals surface area contributed by atoms with E-state index in [0.717, 1.165) is 22.7 Å². The lowest BCUT2D eigenvalue weighted by Gasteiger charge is -2.36. The van der Waals surface area contributed by atoms with Gasteiger partial charge < -0.3 is 15.3 Å². The SMILES string of the molecule is CCC1CCN(C(=O)NCc2cnc(C)s2)C(C(=O)O)C1. The number of aliphatic carboxylic acids is 1. The van der Waals surface area contributed by atoms with Crippen LogP contribution in [0.5, 0.6) is 0 Å². The second kappa shape index (κ2) is 6.89. The summed E-state index contributed by atoms with van der Waals surface area (Å²) >= 11 is 1.53. The van der Waals surface area contributed by atoms with Gasteiger partial charge in [-0.25, -0.2) is 14.6 Å². The minimum Gasteiger partial charge on any atom is -0.480 e. The standard InChI is InChI=1S/C14H21N3O3S/c1-3-10-4-5-17(12(6-10)13(18)19)14(20)16-8-11-7-15-9(2)21-11/h7,10,12H,3-6,8H2,1-2H3,(H,16,20)(H,18,19). The number of carboxylic acid groups (broad SMARTS) is 1. The normalized spacial score (nSPS) is 22.1. The molecule has 2 N–H and O–H groups in total. The number of amides is 2. The van der Waals surface area contributed by atoms with Crippen molar-refractivity contribution in [1.82, 2.24) is 15.2 Å². The molecule has 2 heterocycles. The Hall–Kier alpha value is -1.63. The van der Waals surface area contributed by atoms with Crippen LogP contribution >= 0.6 is 11.3 Å². The minimum absolute atomic E-state index is 0.303. The second-order valence-electron chi connectivity index (χ2n) is 5.35. The van der Waals surface area contributed by atoms with Gasteiger partial charge in [0.1, 0.15) is 6.04 Å². The zero-order chi connectivity index (χ0) is 15.4. The summed E-state index contributed by atoms with van der Waals surface area (Å²) in [5, 5.41) is 13.1. The first-order chi connectivity index (χ1) is 10.0. The van der Waals surface area contributed by atoms with Crippen molar-refractivity contribution >= 4 is 23.3 Å². The maximum Gasteiger partial charge on any atom is 0.326 e. The number of thiazole rings is 1. The molecular formula is C14H21N3O3S. The molecule has 1 aromatic rings. The van der Waals surface area contributed by atoms with E-state index in [1.54, 1.807) is 6.20 Å². The highest BCUT2D eigenvalue weighted by Crippen LogP contribution is 2.25. The number of likely N-dealkylation sites (tertiary alicyclic amines) is 1. The van der Waals surface area contributed by atoms with E-state index in [-0.39, 0.29) is 6.03 Å². The molecule has 116 valence electrons. The molecule has 7 heteroatoms. The largest absolute Gasteiger partial charge is 0.480 e. The highest BCUT2D eigenvalue weighted by Gasteiger charge is 2.35. The number of piperidine rings is 1. The molecule has 1 aliphatic rings. The molecule has 2 amide bonds. The third kappa shape index (κ3) is 3.93. The van der Waals surface area contributed by atoms with E-state index in [1.807, 2.05) is 6.92 Å². The van der Waals surface area contributed by atoms with Crippen molar-refractivity contribution in [3.05, 3.63) is 16.1 Å². The van der Waals surface area contributed by atoms with Crippen LogP contribution in [0.25, 0.3) is 0 Å². The third-order valence-corrected chi connectivity index (χ3v) is 4.83. The van der Waals surface area contributed by atoms with Crippen LogP contribution in [0.4, 0.5) is 4.79 Å². The van der Waals surface area contributed by atoms with Gasteiger partial charge in [-0.15, -0.1) is 11.3 Å². The molecule has 0 spiro atoms. The summed E-state index contributed by atoms with van der Waals surface area (Å²) in [6, 6.07) is -1.02. The van der Waals surface area contributed by atoms with E-state index in [0.29, 0.717) is 25.4 Å². The minimum atomic E-state index is -0.920. The Kier molecular flexibility index (Phi) is 5.17. The molecule has 1 aliphatic heterocycles. The zero-order valence-electron chi connectivity index (χ0n) is 12.3. The summed E-state index contributed by atoms with van der Waals surface area (Å²) in [6.45, 7) is 4.87. The van der Waals surface area contributed by atoms with Gasteiger partial charge in [-0.1, -0.05) is 13.3 Å². The topological polar surface area (TPSA) is 82.5 Å². The number of nitrogens with one attached hydrogen (secondary N) is 1. The molecule has 0 aliphatic carbocycles. The molecule has 2 unspecified atom stereocenters. The first-order valence-corrected chi connectivity index (χ1v) is 8.01. The van der Waals surface area contributed by atoms with E-state index in [9.17, 15) is 14.7 Å². The number of urea groups is 1. The number of carbonyl (C=O) groups excluding carboxylic acids is 1. The number of hydrogen-bond donors (Lipinski definition) is 2. The second-order valence-corrected chi connectivity index (χ2v) is 6.67. The fourth-order valence-electron chi connectivity index (χ4n) is 2.64. The Balaban J connectivity index is 1.95. The molecule has 0 aromatic carbocycles. The lowest BCUT2D eigenvalue weighted by molar-refractivity contribution is -0.144. The summed E-state index contributed by atoms with van der Waals surface area (Å²) < 4.78 is 0. The zero-order valence-corrected chi connectivity index (χ0v) is 13.2. The molecular weight excluding hydrogens is 290 g/mol. The molecule has 2 rings (SSSR count). The fraction of sp³-hybridized carbons (Fsp3) is 0.643. The summed E-state index contributed by atoms with van der Waals surface area (Å²) in [5.74, 6) is -0.531. The van der Waals surface area contributed by atoms with Crippen LogP contribution in [0.3, 0.4) is 0 Å². The molecule has 0 radical (unpaired) electrons. The number of hydrogen-bond acceptors (Lipinski definition) is 4. The van der Waals surface area contributed by atoms with Gasteiger partial charge in [0.25, 0.3) is 0 Å². The van der Waals surface area contributed by atoms with Crippen molar-refractivity contribution < 1.29 is 14.7 Å². The number of carboxylic acids is 1. The maximum atomic E-state index is 12.2. The van der Waals surface area contributed by atoms with Crippen LogP contribution in [-0.2, 0) is 11.3 Å². The van der Waals surface area contributed by atoms with Gasteiger partial charge in [0.05, 0.1) is 11.6 Å². The Labute approximate surface area is 128 Å². The Morgan fingerprint density at radius 3 is 2.90 bits per heavy atom. The van der Waals surface area contributed by atoms with Crippen molar-refractivity contribution in [2.45, 2.75) is 45.7 Å². The lowest BCUT2D eigenvalue weighted by Crippen LogP contribution is -2.53. The van der Waals surface area contributed by atoms with Gasteiger partial charge in [0, 0.05) is 17.6 Å². The monoisotopic (exact) mass is 311 g/mol. The first kappa shape index (κ1) is 15.8. The van der Waals surface area contributed by atoms with E-state index < -0.39 is 12.0 Å². The molecule has 1 saturated heterocycles. The number of carbonyl (C=O) groups is 2. The highest BCUT2D eigenvalue weighted by atomic mass is 32.1.